The van der Waals surface area contributed by atoms with Crippen LogP contribution in [0, 0.1) is 5.82 Å². The van der Waals surface area contributed by atoms with E-state index in [1.165, 1.54) is 42.7 Å². The smallest absolute Gasteiger partial charge is 0.412 e. The highest BCUT2D eigenvalue weighted by Crippen LogP contribution is 2.29. The molecular weight excluding hydrogens is 535 g/mol. The Bertz CT molecular complexity index is 1590. The lowest BCUT2D eigenvalue weighted by Crippen LogP contribution is -2.27. The highest BCUT2D eigenvalue weighted by atomic mass is 19.1. The number of nitrogens with one attached hydrogen (secondary N) is 2. The van der Waals surface area contributed by atoms with Gasteiger partial charge in [0.1, 0.15) is 11.3 Å². The van der Waals surface area contributed by atoms with Crippen molar-refractivity contribution < 1.29 is 27.9 Å². The third kappa shape index (κ3) is 7.75. The van der Waals surface area contributed by atoms with Crippen LogP contribution in [0.1, 0.15) is 54.0 Å². The summed E-state index contributed by atoms with van der Waals surface area (Å²) in [7, 11) is 1.24. The largest absolute Gasteiger partial charge is 0.491 e. The Labute approximate surface area is 234 Å². The van der Waals surface area contributed by atoms with Crippen molar-refractivity contribution in [3.8, 4) is 5.75 Å². The zero-order valence-electron chi connectivity index (χ0n) is 22.9. The molecule has 0 aliphatic rings. The number of oxazole rings is 1. The van der Waals surface area contributed by atoms with Crippen LogP contribution in [0.3, 0.4) is 0 Å². The first-order valence-corrected chi connectivity index (χ1v) is 12.5. The second kappa shape index (κ2) is 12.4. The van der Waals surface area contributed by atoms with E-state index in [4.69, 9.17) is 13.9 Å². The van der Waals surface area contributed by atoms with Gasteiger partial charge in [0.25, 0.3) is 11.5 Å². The van der Waals surface area contributed by atoms with E-state index in [1.807, 2.05) is 24.3 Å². The molecule has 41 heavy (non-hydrogen) atoms. The second-order valence-electron chi connectivity index (χ2n) is 9.93. The SMILES string of the molecule is COc1c(NC(=O)OC(C)(C)C)cnc(CNC(=O)c2cnc(Cc3ccc(Cn4cnccc4=O)cc3)o2)c1F. The summed E-state index contributed by atoms with van der Waals surface area (Å²) in [6.45, 7) is 5.20. The van der Waals surface area contributed by atoms with Gasteiger partial charge in [-0.3, -0.25) is 24.5 Å². The summed E-state index contributed by atoms with van der Waals surface area (Å²) in [4.78, 5) is 48.6. The number of hydrogen-bond acceptors (Lipinski definition) is 9. The van der Waals surface area contributed by atoms with E-state index in [-0.39, 0.29) is 35.0 Å². The van der Waals surface area contributed by atoms with Gasteiger partial charge in [-0.1, -0.05) is 24.3 Å². The molecule has 4 rings (SSSR count). The van der Waals surface area contributed by atoms with Crippen LogP contribution in [-0.2, 0) is 24.2 Å². The van der Waals surface area contributed by atoms with Gasteiger partial charge in [-0.25, -0.2) is 19.2 Å². The Kier molecular flexibility index (Phi) is 8.75. The van der Waals surface area contributed by atoms with Crippen molar-refractivity contribution >= 4 is 17.7 Å². The number of hydrogen-bond donors (Lipinski definition) is 2. The highest BCUT2D eigenvalue weighted by Gasteiger charge is 2.22. The Hall–Kier alpha value is -5.07. The zero-order valence-corrected chi connectivity index (χ0v) is 22.9. The van der Waals surface area contributed by atoms with Crippen LogP contribution >= 0.6 is 0 Å². The van der Waals surface area contributed by atoms with Crippen LogP contribution in [0.2, 0.25) is 0 Å². The predicted octanol–water partition coefficient (Wildman–Crippen LogP) is 3.69. The number of aromatic nitrogens is 4. The number of methoxy groups -OCH3 is 1. The first kappa shape index (κ1) is 28.9. The Morgan fingerprint density at radius 2 is 1.80 bits per heavy atom. The molecule has 0 radical (unpaired) electrons. The summed E-state index contributed by atoms with van der Waals surface area (Å²) >= 11 is 0. The number of carbonyl (C=O) groups excluding carboxylic acids is 2. The van der Waals surface area contributed by atoms with Crippen molar-refractivity contribution in [3.05, 3.63) is 99.9 Å². The van der Waals surface area contributed by atoms with Gasteiger partial charge in [-0.05, 0) is 31.9 Å². The van der Waals surface area contributed by atoms with E-state index in [0.717, 1.165) is 11.1 Å². The van der Waals surface area contributed by atoms with Gasteiger partial charge in [0.15, 0.2) is 17.5 Å². The van der Waals surface area contributed by atoms with Crippen molar-refractivity contribution in [1.29, 1.82) is 0 Å². The zero-order chi connectivity index (χ0) is 29.6. The molecule has 0 aliphatic carbocycles. The molecule has 0 saturated heterocycles. The summed E-state index contributed by atoms with van der Waals surface area (Å²) < 4.78 is 32.3. The molecule has 0 saturated carbocycles. The van der Waals surface area contributed by atoms with Crippen LogP contribution in [0.5, 0.6) is 5.75 Å². The number of pyridine rings is 1. The lowest BCUT2D eigenvalue weighted by molar-refractivity contribution is 0.0635. The molecule has 1 aromatic carbocycles. The summed E-state index contributed by atoms with van der Waals surface area (Å²) in [5, 5.41) is 4.94. The molecule has 0 fully saturated rings. The minimum absolute atomic E-state index is 0.0202. The molecule has 3 aromatic heterocycles. The molecule has 12 nitrogen and oxygen atoms in total. The van der Waals surface area contributed by atoms with Crippen LogP contribution in [0.25, 0.3) is 0 Å². The summed E-state index contributed by atoms with van der Waals surface area (Å²) in [5.41, 5.74) is 0.788. The van der Waals surface area contributed by atoms with Gasteiger partial charge >= 0.3 is 6.09 Å². The number of benzene rings is 1. The average molecular weight is 565 g/mol. The number of amides is 2. The molecule has 0 unspecified atom stereocenters. The predicted molar refractivity (Wildman–Crippen MR) is 145 cm³/mol. The standard InChI is InChI=1S/C28H29FN6O6/c1-28(2,3)41-27(38)34-20-13-31-19(24(29)25(20)39-4)12-33-26(37)21-14-32-22(40-21)11-17-5-7-18(8-6-17)15-35-16-30-10-9-23(35)36/h5-10,13-14,16H,11-12,15H2,1-4H3,(H,33,37)(H,34,38). The Morgan fingerprint density at radius 3 is 2.49 bits per heavy atom. The maximum Gasteiger partial charge on any atom is 0.412 e. The molecule has 0 atom stereocenters. The van der Waals surface area contributed by atoms with E-state index in [1.54, 1.807) is 20.8 Å². The number of nitrogens with zero attached hydrogens (tertiary/aromatic N) is 4. The minimum atomic E-state index is -0.850. The quantitative estimate of drug-likeness (QED) is 0.310. The lowest BCUT2D eigenvalue weighted by Gasteiger charge is -2.20. The van der Waals surface area contributed by atoms with Crippen molar-refractivity contribution in [2.75, 3.05) is 12.4 Å². The van der Waals surface area contributed by atoms with E-state index in [2.05, 4.69) is 25.6 Å². The van der Waals surface area contributed by atoms with E-state index < -0.39 is 23.4 Å². The number of halogens is 1. The highest BCUT2D eigenvalue weighted by molar-refractivity contribution is 5.91. The van der Waals surface area contributed by atoms with Crippen LogP contribution < -0.4 is 20.9 Å². The molecule has 3 heterocycles. The van der Waals surface area contributed by atoms with E-state index in [0.29, 0.717) is 18.9 Å². The topological polar surface area (TPSA) is 150 Å². The number of rotatable bonds is 9. The third-order valence-electron chi connectivity index (χ3n) is 5.60. The fourth-order valence-electron chi connectivity index (χ4n) is 3.71. The Morgan fingerprint density at radius 1 is 1.07 bits per heavy atom. The fourth-order valence-corrected chi connectivity index (χ4v) is 3.71. The Balaban J connectivity index is 1.34. The van der Waals surface area contributed by atoms with Crippen LogP contribution in [-0.4, -0.2) is 44.2 Å². The second-order valence-corrected chi connectivity index (χ2v) is 9.93. The molecule has 2 N–H and O–H groups in total. The molecular formula is C28H29FN6O6. The molecule has 13 heteroatoms. The molecule has 0 aliphatic heterocycles. The van der Waals surface area contributed by atoms with Crippen molar-refractivity contribution in [3.63, 3.8) is 0 Å². The first-order chi connectivity index (χ1) is 19.5. The van der Waals surface area contributed by atoms with Gasteiger partial charge in [-0.15, -0.1) is 0 Å². The fraction of sp³-hybridized carbons (Fsp3) is 0.286. The summed E-state index contributed by atoms with van der Waals surface area (Å²) in [6.07, 6.45) is 4.96. The van der Waals surface area contributed by atoms with Gasteiger partial charge in [-0.2, -0.15) is 0 Å². The van der Waals surface area contributed by atoms with Gasteiger partial charge in [0, 0.05) is 18.7 Å². The maximum absolute atomic E-state index is 15.0. The number of anilines is 1. The average Bonchev–Trinajstić information content (AvgIpc) is 3.38. The normalized spacial score (nSPS) is 11.1. The van der Waals surface area contributed by atoms with Crippen molar-refractivity contribution in [2.45, 2.75) is 45.9 Å². The molecule has 0 bridgehead atoms. The van der Waals surface area contributed by atoms with Crippen molar-refractivity contribution in [1.82, 2.24) is 24.8 Å². The lowest BCUT2D eigenvalue weighted by atomic mass is 10.1. The molecule has 0 spiro atoms. The van der Waals surface area contributed by atoms with Crippen LogP contribution in [0.15, 0.2) is 64.5 Å². The monoisotopic (exact) mass is 564 g/mol. The van der Waals surface area contributed by atoms with E-state index >= 15 is 4.39 Å². The molecule has 4 aromatic rings. The molecule has 214 valence electrons. The number of carbonyl (C=O) groups is 2. The van der Waals surface area contributed by atoms with Gasteiger partial charge in [0.05, 0.1) is 44.6 Å². The van der Waals surface area contributed by atoms with Crippen LogP contribution in [0.4, 0.5) is 14.9 Å². The maximum atomic E-state index is 15.0. The minimum Gasteiger partial charge on any atom is -0.491 e. The summed E-state index contributed by atoms with van der Waals surface area (Å²) in [6, 6.07) is 8.93. The first-order valence-electron chi connectivity index (χ1n) is 12.5. The van der Waals surface area contributed by atoms with Gasteiger partial charge < -0.3 is 19.2 Å². The number of ether oxygens (including phenoxy) is 2. The van der Waals surface area contributed by atoms with E-state index in [9.17, 15) is 14.4 Å². The summed E-state index contributed by atoms with van der Waals surface area (Å²) in [5.74, 6) is -1.46. The third-order valence-corrected chi connectivity index (χ3v) is 5.60. The molecule has 2 amide bonds. The van der Waals surface area contributed by atoms with Crippen molar-refractivity contribution in [2.24, 2.45) is 0 Å². The van der Waals surface area contributed by atoms with Gasteiger partial charge in [0.2, 0.25) is 5.76 Å².